The van der Waals surface area contributed by atoms with Crippen molar-refractivity contribution >= 4 is 10.0 Å². The normalized spacial score (nSPS) is 19.6. The van der Waals surface area contributed by atoms with E-state index in [0.29, 0.717) is 6.54 Å². The minimum Gasteiger partial charge on any atom is -0.339 e. The lowest BCUT2D eigenvalue weighted by atomic mass is 10.1. The van der Waals surface area contributed by atoms with E-state index in [9.17, 15) is 8.42 Å². The lowest BCUT2D eigenvalue weighted by Crippen LogP contribution is -2.36. The standard InChI is InChI=1S/C15H20N4O2S/c1-18-11-15(17-12-18)22(20,21)19-10-2-3-14(19)5-4-13-6-8-16-9-7-13/h6-9,11-12,14H,2-5,10H2,1H3. The first kappa shape index (κ1) is 15.2. The summed E-state index contributed by atoms with van der Waals surface area (Å²) in [7, 11) is -1.71. The number of pyridine rings is 1. The minimum absolute atomic E-state index is 0.0557. The third kappa shape index (κ3) is 3.05. The Labute approximate surface area is 130 Å². The number of aryl methyl sites for hydroxylation is 2. The van der Waals surface area contributed by atoms with Crippen LogP contribution >= 0.6 is 0 Å². The molecule has 1 atom stereocenters. The summed E-state index contributed by atoms with van der Waals surface area (Å²) < 4.78 is 28.7. The van der Waals surface area contributed by atoms with Gasteiger partial charge in [0, 0.05) is 38.2 Å². The molecule has 1 aliphatic heterocycles. The zero-order chi connectivity index (χ0) is 15.6. The molecule has 0 amide bonds. The maximum Gasteiger partial charge on any atom is 0.262 e. The molecule has 0 saturated carbocycles. The second-order valence-corrected chi connectivity index (χ2v) is 7.52. The van der Waals surface area contributed by atoms with E-state index in [4.69, 9.17) is 0 Å². The summed E-state index contributed by atoms with van der Waals surface area (Å²) >= 11 is 0. The molecule has 2 aromatic heterocycles. The van der Waals surface area contributed by atoms with Crippen LogP contribution in [-0.2, 0) is 23.5 Å². The highest BCUT2D eigenvalue weighted by Crippen LogP contribution is 2.27. The van der Waals surface area contributed by atoms with Crippen LogP contribution in [0.5, 0.6) is 0 Å². The molecule has 0 aromatic carbocycles. The van der Waals surface area contributed by atoms with Crippen molar-refractivity contribution in [1.29, 1.82) is 0 Å². The highest BCUT2D eigenvalue weighted by molar-refractivity contribution is 7.89. The number of sulfonamides is 1. The van der Waals surface area contributed by atoms with Crippen molar-refractivity contribution in [1.82, 2.24) is 18.8 Å². The van der Waals surface area contributed by atoms with E-state index in [2.05, 4.69) is 9.97 Å². The Morgan fingerprint density at radius 1 is 1.32 bits per heavy atom. The minimum atomic E-state index is -3.48. The van der Waals surface area contributed by atoms with Gasteiger partial charge < -0.3 is 4.57 Å². The van der Waals surface area contributed by atoms with Crippen molar-refractivity contribution in [2.24, 2.45) is 7.05 Å². The number of hydrogen-bond donors (Lipinski definition) is 0. The fourth-order valence-corrected chi connectivity index (χ4v) is 4.63. The van der Waals surface area contributed by atoms with Crippen molar-refractivity contribution in [3.8, 4) is 0 Å². The largest absolute Gasteiger partial charge is 0.339 e. The Balaban J connectivity index is 1.73. The zero-order valence-electron chi connectivity index (χ0n) is 12.6. The van der Waals surface area contributed by atoms with Gasteiger partial charge in [0.1, 0.15) is 0 Å². The highest BCUT2D eigenvalue weighted by Gasteiger charge is 2.36. The summed E-state index contributed by atoms with van der Waals surface area (Å²) in [6.45, 7) is 0.583. The first-order valence-electron chi connectivity index (χ1n) is 7.46. The van der Waals surface area contributed by atoms with Crippen LogP contribution < -0.4 is 0 Å². The Morgan fingerprint density at radius 3 is 2.77 bits per heavy atom. The van der Waals surface area contributed by atoms with E-state index in [0.717, 1.165) is 25.7 Å². The van der Waals surface area contributed by atoms with Crippen molar-refractivity contribution in [2.75, 3.05) is 6.54 Å². The average molecular weight is 320 g/mol. The summed E-state index contributed by atoms with van der Waals surface area (Å²) in [5, 5.41) is 0.144. The molecule has 6 nitrogen and oxygen atoms in total. The third-order valence-corrected chi connectivity index (χ3v) is 5.93. The molecule has 2 aromatic rings. The third-order valence-electron chi connectivity index (χ3n) is 4.09. The molecular formula is C15H20N4O2S. The predicted molar refractivity (Wildman–Crippen MR) is 82.7 cm³/mol. The average Bonchev–Trinajstić information content (AvgIpc) is 3.15. The lowest BCUT2D eigenvalue weighted by molar-refractivity contribution is 0.369. The van der Waals surface area contributed by atoms with Crippen molar-refractivity contribution in [3.05, 3.63) is 42.6 Å². The van der Waals surface area contributed by atoms with Gasteiger partial charge in [-0.25, -0.2) is 13.4 Å². The molecule has 3 heterocycles. The molecule has 0 N–H and O–H groups in total. The number of rotatable bonds is 5. The van der Waals surface area contributed by atoms with Gasteiger partial charge in [0.05, 0.1) is 6.33 Å². The Kier molecular flexibility index (Phi) is 4.26. The Bertz CT molecular complexity index is 727. The molecule has 118 valence electrons. The molecule has 1 saturated heterocycles. The second kappa shape index (κ2) is 6.18. The first-order valence-corrected chi connectivity index (χ1v) is 8.90. The first-order chi connectivity index (χ1) is 10.6. The molecule has 22 heavy (non-hydrogen) atoms. The molecule has 0 bridgehead atoms. The van der Waals surface area contributed by atoms with Gasteiger partial charge in [-0.3, -0.25) is 4.98 Å². The maximum absolute atomic E-state index is 12.7. The molecule has 1 fully saturated rings. The molecule has 0 aliphatic carbocycles. The van der Waals surface area contributed by atoms with Crippen molar-refractivity contribution in [2.45, 2.75) is 36.8 Å². The van der Waals surface area contributed by atoms with Crippen LogP contribution in [0.4, 0.5) is 0 Å². The monoisotopic (exact) mass is 320 g/mol. The lowest BCUT2D eigenvalue weighted by Gasteiger charge is -2.23. The second-order valence-electron chi connectivity index (χ2n) is 5.68. The van der Waals surface area contributed by atoms with E-state index in [1.807, 2.05) is 12.1 Å². The molecule has 1 aliphatic rings. The molecular weight excluding hydrogens is 300 g/mol. The van der Waals surface area contributed by atoms with Gasteiger partial charge in [0.25, 0.3) is 10.0 Å². The number of imidazole rings is 1. The summed E-state index contributed by atoms with van der Waals surface area (Å²) in [4.78, 5) is 8.01. The SMILES string of the molecule is Cn1cnc(S(=O)(=O)N2CCCC2CCc2ccncc2)c1. The van der Waals surface area contributed by atoms with Gasteiger partial charge in [-0.05, 0) is 43.4 Å². The van der Waals surface area contributed by atoms with Crippen molar-refractivity contribution < 1.29 is 8.42 Å². The summed E-state index contributed by atoms with van der Waals surface area (Å²) in [5.74, 6) is 0. The van der Waals surface area contributed by atoms with Gasteiger partial charge in [-0.2, -0.15) is 4.31 Å². The Hall–Kier alpha value is -1.73. The van der Waals surface area contributed by atoms with Crippen LogP contribution in [0.3, 0.4) is 0 Å². The molecule has 0 spiro atoms. The van der Waals surface area contributed by atoms with Gasteiger partial charge in [-0.15, -0.1) is 0 Å². The van der Waals surface area contributed by atoms with Gasteiger partial charge >= 0.3 is 0 Å². The molecule has 1 unspecified atom stereocenters. The van der Waals surface area contributed by atoms with E-state index in [1.165, 1.54) is 11.9 Å². The Morgan fingerprint density at radius 2 is 2.09 bits per heavy atom. The number of aromatic nitrogens is 3. The van der Waals surface area contributed by atoms with Crippen LogP contribution in [-0.4, -0.2) is 39.8 Å². The highest BCUT2D eigenvalue weighted by atomic mass is 32.2. The fourth-order valence-electron chi connectivity index (χ4n) is 2.94. The quantitative estimate of drug-likeness (QED) is 0.839. The van der Waals surface area contributed by atoms with Crippen LogP contribution in [0, 0.1) is 0 Å². The summed E-state index contributed by atoms with van der Waals surface area (Å²) in [5.41, 5.74) is 1.19. The molecule has 3 rings (SSSR count). The fraction of sp³-hybridized carbons (Fsp3) is 0.467. The zero-order valence-corrected chi connectivity index (χ0v) is 13.4. The van der Waals surface area contributed by atoms with Crippen LogP contribution in [0.1, 0.15) is 24.8 Å². The van der Waals surface area contributed by atoms with Crippen LogP contribution in [0.2, 0.25) is 0 Å². The van der Waals surface area contributed by atoms with Gasteiger partial charge in [0.2, 0.25) is 0 Å². The van der Waals surface area contributed by atoms with E-state index in [-0.39, 0.29) is 11.1 Å². The smallest absolute Gasteiger partial charge is 0.262 e. The van der Waals surface area contributed by atoms with Crippen LogP contribution in [0.15, 0.2) is 42.1 Å². The van der Waals surface area contributed by atoms with Crippen molar-refractivity contribution in [3.63, 3.8) is 0 Å². The number of nitrogens with zero attached hydrogens (tertiary/aromatic N) is 4. The van der Waals surface area contributed by atoms with E-state index in [1.54, 1.807) is 34.5 Å². The van der Waals surface area contributed by atoms with E-state index < -0.39 is 10.0 Å². The summed E-state index contributed by atoms with van der Waals surface area (Å²) in [6, 6.07) is 4.01. The predicted octanol–water partition coefficient (Wildman–Crippen LogP) is 1.60. The van der Waals surface area contributed by atoms with Gasteiger partial charge in [0.15, 0.2) is 5.03 Å². The molecule has 0 radical (unpaired) electrons. The maximum atomic E-state index is 12.7. The topological polar surface area (TPSA) is 68.1 Å². The summed E-state index contributed by atoms with van der Waals surface area (Å²) in [6.07, 6.45) is 10.1. The molecule has 7 heteroatoms. The number of hydrogen-bond acceptors (Lipinski definition) is 4. The van der Waals surface area contributed by atoms with Gasteiger partial charge in [-0.1, -0.05) is 0 Å². The van der Waals surface area contributed by atoms with E-state index >= 15 is 0 Å². The van der Waals surface area contributed by atoms with Crippen LogP contribution in [0.25, 0.3) is 0 Å².